The van der Waals surface area contributed by atoms with Crippen LogP contribution in [0.15, 0.2) is 36.4 Å². The highest BCUT2D eigenvalue weighted by Crippen LogP contribution is 2.29. The normalized spacial score (nSPS) is 14.9. The quantitative estimate of drug-likeness (QED) is 0.718. The summed E-state index contributed by atoms with van der Waals surface area (Å²) >= 11 is 0. The molecule has 0 saturated carbocycles. The summed E-state index contributed by atoms with van der Waals surface area (Å²) in [6.45, 7) is 6.80. The van der Waals surface area contributed by atoms with Crippen molar-refractivity contribution < 1.29 is 19.0 Å². The highest BCUT2D eigenvalue weighted by molar-refractivity contribution is 5.94. The maximum Gasteiger partial charge on any atom is 0.238 e. The summed E-state index contributed by atoms with van der Waals surface area (Å²) in [5.41, 5.74) is 3.05. The van der Waals surface area contributed by atoms with Crippen LogP contribution in [-0.2, 0) is 11.3 Å². The van der Waals surface area contributed by atoms with E-state index in [1.165, 1.54) is 11.1 Å². The van der Waals surface area contributed by atoms with Crippen LogP contribution in [0.3, 0.4) is 0 Å². The molecule has 1 aliphatic rings. The molecule has 0 unspecified atom stereocenters. The van der Waals surface area contributed by atoms with Gasteiger partial charge in [0.05, 0.1) is 33.6 Å². The van der Waals surface area contributed by atoms with Gasteiger partial charge >= 0.3 is 0 Å². The Labute approximate surface area is 178 Å². The Morgan fingerprint density at radius 1 is 0.900 bits per heavy atom. The second-order valence-electron chi connectivity index (χ2n) is 7.48. The van der Waals surface area contributed by atoms with Crippen molar-refractivity contribution in [2.75, 3.05) is 59.4 Å². The number of hydrogen-bond donors (Lipinski definition) is 1. The lowest BCUT2D eigenvalue weighted by Crippen LogP contribution is -2.48. The van der Waals surface area contributed by atoms with Crippen LogP contribution < -0.4 is 19.5 Å². The van der Waals surface area contributed by atoms with Gasteiger partial charge in [-0.05, 0) is 25.1 Å². The van der Waals surface area contributed by atoms with E-state index < -0.39 is 0 Å². The van der Waals surface area contributed by atoms with Crippen molar-refractivity contribution in [3.63, 3.8) is 0 Å². The molecule has 1 saturated heterocycles. The molecule has 2 aromatic rings. The zero-order chi connectivity index (χ0) is 21.5. The number of piperazine rings is 1. The first-order chi connectivity index (χ1) is 14.5. The molecule has 30 heavy (non-hydrogen) atoms. The number of carbonyl (C=O) groups excluding carboxylic acids is 1. The van der Waals surface area contributed by atoms with Crippen molar-refractivity contribution in [3.8, 4) is 17.2 Å². The summed E-state index contributed by atoms with van der Waals surface area (Å²) < 4.78 is 16.1. The molecule has 1 amide bonds. The second kappa shape index (κ2) is 10.3. The van der Waals surface area contributed by atoms with Crippen LogP contribution in [-0.4, -0.2) is 69.8 Å². The molecule has 1 N–H and O–H groups in total. The lowest BCUT2D eigenvalue weighted by Gasteiger charge is -2.34. The third-order valence-corrected chi connectivity index (χ3v) is 5.34. The topological polar surface area (TPSA) is 63.3 Å². The van der Waals surface area contributed by atoms with E-state index in [1.54, 1.807) is 39.5 Å². The van der Waals surface area contributed by atoms with Gasteiger partial charge in [-0.25, -0.2) is 0 Å². The van der Waals surface area contributed by atoms with Gasteiger partial charge in [-0.15, -0.1) is 0 Å². The van der Waals surface area contributed by atoms with Gasteiger partial charge in [0.1, 0.15) is 17.2 Å². The minimum absolute atomic E-state index is 0.0599. The standard InChI is InChI=1S/C23H31N3O4/c1-17-5-7-21(29-3)18(13-17)15-25-9-11-26(12-10-25)16-23(27)24-20-14-19(28-2)6-8-22(20)30-4/h5-8,13-14H,9-12,15-16H2,1-4H3,(H,24,27). The minimum atomic E-state index is -0.0599. The van der Waals surface area contributed by atoms with Gasteiger partial charge in [-0.3, -0.25) is 14.6 Å². The Hall–Kier alpha value is -2.77. The summed E-state index contributed by atoms with van der Waals surface area (Å²) in [5.74, 6) is 2.15. The number of nitrogens with zero attached hydrogens (tertiary/aromatic N) is 2. The van der Waals surface area contributed by atoms with Gasteiger partial charge in [-0.1, -0.05) is 17.7 Å². The highest BCUT2D eigenvalue weighted by Gasteiger charge is 2.20. The average Bonchev–Trinajstić information content (AvgIpc) is 2.75. The van der Waals surface area contributed by atoms with Crippen molar-refractivity contribution in [1.29, 1.82) is 0 Å². The molecule has 7 nitrogen and oxygen atoms in total. The van der Waals surface area contributed by atoms with E-state index in [9.17, 15) is 4.79 Å². The molecule has 1 fully saturated rings. The minimum Gasteiger partial charge on any atom is -0.497 e. The van der Waals surface area contributed by atoms with E-state index in [-0.39, 0.29) is 5.91 Å². The molecular weight excluding hydrogens is 382 g/mol. The molecule has 1 aliphatic heterocycles. The van der Waals surface area contributed by atoms with Crippen molar-refractivity contribution >= 4 is 11.6 Å². The molecule has 162 valence electrons. The number of benzene rings is 2. The van der Waals surface area contributed by atoms with E-state index in [0.717, 1.165) is 38.5 Å². The van der Waals surface area contributed by atoms with Gasteiger partial charge in [0.15, 0.2) is 0 Å². The zero-order valence-corrected chi connectivity index (χ0v) is 18.2. The Morgan fingerprint density at radius 2 is 1.57 bits per heavy atom. The largest absolute Gasteiger partial charge is 0.497 e. The molecule has 0 bridgehead atoms. The number of hydrogen-bond acceptors (Lipinski definition) is 6. The van der Waals surface area contributed by atoms with Crippen LogP contribution in [0.2, 0.25) is 0 Å². The summed E-state index contributed by atoms with van der Waals surface area (Å²) in [6.07, 6.45) is 0. The monoisotopic (exact) mass is 413 g/mol. The second-order valence-corrected chi connectivity index (χ2v) is 7.48. The number of amides is 1. The highest BCUT2D eigenvalue weighted by atomic mass is 16.5. The van der Waals surface area contributed by atoms with Gasteiger partial charge in [-0.2, -0.15) is 0 Å². The number of aryl methyl sites for hydroxylation is 1. The molecule has 0 atom stereocenters. The summed E-state index contributed by atoms with van der Waals surface area (Å²) in [5, 5.41) is 2.94. The van der Waals surface area contributed by atoms with Crippen LogP contribution in [0.25, 0.3) is 0 Å². The molecule has 0 aromatic heterocycles. The first kappa shape index (κ1) is 21.9. The maximum absolute atomic E-state index is 12.6. The van der Waals surface area contributed by atoms with Gasteiger partial charge in [0.2, 0.25) is 5.91 Å². The third kappa shape index (κ3) is 5.64. The Kier molecular flexibility index (Phi) is 7.54. The predicted molar refractivity (Wildman–Crippen MR) is 118 cm³/mol. The van der Waals surface area contributed by atoms with Crippen molar-refractivity contribution in [2.24, 2.45) is 0 Å². The van der Waals surface area contributed by atoms with Crippen molar-refractivity contribution in [1.82, 2.24) is 9.80 Å². The average molecular weight is 414 g/mol. The fourth-order valence-corrected chi connectivity index (χ4v) is 3.68. The molecule has 3 rings (SSSR count). The fraction of sp³-hybridized carbons (Fsp3) is 0.435. The Bertz CT molecular complexity index is 864. The number of carbonyl (C=O) groups is 1. The van der Waals surface area contributed by atoms with Gasteiger partial charge in [0, 0.05) is 44.4 Å². The van der Waals surface area contributed by atoms with Crippen LogP contribution in [0.1, 0.15) is 11.1 Å². The Morgan fingerprint density at radius 3 is 2.23 bits per heavy atom. The van der Waals surface area contributed by atoms with Crippen LogP contribution >= 0.6 is 0 Å². The lowest BCUT2D eigenvalue weighted by molar-refractivity contribution is -0.117. The van der Waals surface area contributed by atoms with Crippen LogP contribution in [0, 0.1) is 6.92 Å². The van der Waals surface area contributed by atoms with Gasteiger partial charge in [0.25, 0.3) is 0 Å². The zero-order valence-electron chi connectivity index (χ0n) is 18.2. The van der Waals surface area contributed by atoms with E-state index in [4.69, 9.17) is 14.2 Å². The van der Waals surface area contributed by atoms with Crippen molar-refractivity contribution in [3.05, 3.63) is 47.5 Å². The molecule has 0 spiro atoms. The number of rotatable bonds is 8. The summed E-state index contributed by atoms with van der Waals surface area (Å²) in [6, 6.07) is 11.6. The lowest BCUT2D eigenvalue weighted by atomic mass is 10.1. The molecule has 1 heterocycles. The Balaban J connectivity index is 1.51. The third-order valence-electron chi connectivity index (χ3n) is 5.34. The smallest absolute Gasteiger partial charge is 0.238 e. The summed E-state index contributed by atoms with van der Waals surface area (Å²) in [4.78, 5) is 17.1. The molecular formula is C23H31N3O4. The van der Waals surface area contributed by atoms with E-state index >= 15 is 0 Å². The van der Waals surface area contributed by atoms with Gasteiger partial charge < -0.3 is 19.5 Å². The number of ether oxygens (including phenoxy) is 3. The molecule has 7 heteroatoms. The first-order valence-electron chi connectivity index (χ1n) is 10.1. The van der Waals surface area contributed by atoms with Crippen molar-refractivity contribution in [2.45, 2.75) is 13.5 Å². The van der Waals surface area contributed by atoms with Crippen LogP contribution in [0.5, 0.6) is 17.2 Å². The maximum atomic E-state index is 12.6. The fourth-order valence-electron chi connectivity index (χ4n) is 3.68. The van der Waals surface area contributed by atoms with Crippen LogP contribution in [0.4, 0.5) is 5.69 Å². The molecule has 2 aromatic carbocycles. The molecule has 0 radical (unpaired) electrons. The predicted octanol–water partition coefficient (Wildman–Crippen LogP) is 2.78. The number of anilines is 1. The van der Waals surface area contributed by atoms with E-state index in [0.29, 0.717) is 23.7 Å². The first-order valence-corrected chi connectivity index (χ1v) is 10.1. The van der Waals surface area contributed by atoms with E-state index in [2.05, 4.69) is 34.2 Å². The SMILES string of the molecule is COc1ccc(OC)c(NC(=O)CN2CCN(Cc3cc(C)ccc3OC)CC2)c1. The number of nitrogens with one attached hydrogen (secondary N) is 1. The van der Waals surface area contributed by atoms with E-state index in [1.807, 2.05) is 6.07 Å². The number of methoxy groups -OCH3 is 3. The molecule has 0 aliphatic carbocycles. The summed E-state index contributed by atoms with van der Waals surface area (Å²) in [7, 11) is 4.89.